The molecular weight excluding hydrogens is 434 g/mol. The van der Waals surface area contributed by atoms with E-state index >= 15 is 0 Å². The summed E-state index contributed by atoms with van der Waals surface area (Å²) in [5.74, 6) is 1.43. The van der Waals surface area contributed by atoms with Gasteiger partial charge in [0.15, 0.2) is 23.1 Å². The number of amides is 1. The Morgan fingerprint density at radius 1 is 0.912 bits per heavy atom. The summed E-state index contributed by atoms with van der Waals surface area (Å²) in [6, 6.07) is 5.20. The van der Waals surface area contributed by atoms with Crippen molar-refractivity contribution in [1.82, 2.24) is 4.90 Å². The Labute approximate surface area is 200 Å². The van der Waals surface area contributed by atoms with Crippen molar-refractivity contribution in [3.63, 3.8) is 0 Å². The first kappa shape index (κ1) is 24.0. The van der Waals surface area contributed by atoms with Crippen molar-refractivity contribution in [2.24, 2.45) is 10.8 Å². The van der Waals surface area contributed by atoms with Gasteiger partial charge in [-0.3, -0.25) is 9.59 Å². The fourth-order valence-corrected chi connectivity index (χ4v) is 5.14. The molecule has 0 unspecified atom stereocenters. The van der Waals surface area contributed by atoms with Crippen LogP contribution in [0.5, 0.6) is 11.5 Å². The second-order valence-corrected chi connectivity index (χ2v) is 11.3. The number of hydrogen-bond acceptors (Lipinski definition) is 6. The van der Waals surface area contributed by atoms with Crippen molar-refractivity contribution >= 4 is 17.7 Å². The van der Waals surface area contributed by atoms with Gasteiger partial charge in [0.25, 0.3) is 0 Å². The van der Waals surface area contributed by atoms with Gasteiger partial charge >= 0.3 is 6.09 Å². The maximum atomic E-state index is 13.4. The van der Waals surface area contributed by atoms with E-state index in [0.717, 1.165) is 5.56 Å². The fourth-order valence-electron chi connectivity index (χ4n) is 5.14. The summed E-state index contributed by atoms with van der Waals surface area (Å²) in [7, 11) is 4.69. The summed E-state index contributed by atoms with van der Waals surface area (Å²) in [6.45, 7) is 8.24. The van der Waals surface area contributed by atoms with Gasteiger partial charge < -0.3 is 19.1 Å². The number of allylic oxidation sites excluding steroid dienone is 4. The van der Waals surface area contributed by atoms with Crippen LogP contribution >= 0.6 is 0 Å². The van der Waals surface area contributed by atoms with Crippen molar-refractivity contribution in [2.45, 2.75) is 59.3 Å². The topological polar surface area (TPSA) is 82.1 Å². The Hall–Kier alpha value is -3.09. The van der Waals surface area contributed by atoms with Crippen molar-refractivity contribution in [2.75, 3.05) is 21.2 Å². The van der Waals surface area contributed by atoms with Crippen LogP contribution in [-0.2, 0) is 14.3 Å². The van der Waals surface area contributed by atoms with Crippen LogP contribution < -0.4 is 9.47 Å². The van der Waals surface area contributed by atoms with Gasteiger partial charge in [0.2, 0.25) is 0 Å². The monoisotopic (exact) mass is 467 g/mol. The quantitative estimate of drug-likeness (QED) is 0.611. The molecule has 182 valence electrons. The SMILES string of the molecule is COc1cc(C2C3=C(CC(C)(C)CC3=O)OC3=C2C(=O)CC(C)(C)C3)ccc1OC(=O)N(C)C. The van der Waals surface area contributed by atoms with E-state index < -0.39 is 12.0 Å². The van der Waals surface area contributed by atoms with E-state index in [9.17, 15) is 14.4 Å². The molecule has 0 saturated carbocycles. The second-order valence-electron chi connectivity index (χ2n) is 11.3. The minimum atomic E-state index is -0.529. The van der Waals surface area contributed by atoms with Crippen LogP contribution in [0.2, 0.25) is 0 Å². The maximum Gasteiger partial charge on any atom is 0.414 e. The van der Waals surface area contributed by atoms with E-state index in [1.807, 2.05) is 0 Å². The first-order valence-corrected chi connectivity index (χ1v) is 11.6. The molecule has 1 aromatic carbocycles. The molecule has 0 bridgehead atoms. The van der Waals surface area contributed by atoms with E-state index in [0.29, 0.717) is 54.1 Å². The van der Waals surface area contributed by atoms with Crippen LogP contribution in [0.25, 0.3) is 0 Å². The molecule has 1 heterocycles. The molecule has 2 aliphatic carbocycles. The molecule has 1 aromatic rings. The van der Waals surface area contributed by atoms with Gasteiger partial charge in [-0.2, -0.15) is 0 Å². The standard InChI is InChI=1S/C27H33NO6/c1-26(2)11-16(29)23-20(13-26)33-21-14-27(3,4)12-17(30)24(21)22(23)15-8-9-18(19(10-15)32-7)34-25(31)28(5)6/h8-10,22H,11-14H2,1-7H3. The number of nitrogens with zero attached hydrogens (tertiary/aromatic N) is 1. The van der Waals surface area contributed by atoms with E-state index in [1.54, 1.807) is 32.3 Å². The zero-order valence-corrected chi connectivity index (χ0v) is 21.0. The minimum Gasteiger partial charge on any atom is -0.493 e. The van der Waals surface area contributed by atoms with Gasteiger partial charge in [0.05, 0.1) is 7.11 Å². The summed E-state index contributed by atoms with van der Waals surface area (Å²) in [5.41, 5.74) is 1.44. The number of ketones is 2. The molecule has 0 fully saturated rings. The lowest BCUT2D eigenvalue weighted by molar-refractivity contribution is -0.120. The smallest absolute Gasteiger partial charge is 0.414 e. The lowest BCUT2D eigenvalue weighted by Gasteiger charge is -2.42. The maximum absolute atomic E-state index is 13.4. The number of carbonyl (C=O) groups excluding carboxylic acids is 3. The molecule has 0 spiro atoms. The van der Waals surface area contributed by atoms with Crippen LogP contribution in [0.15, 0.2) is 40.9 Å². The Morgan fingerprint density at radius 3 is 1.91 bits per heavy atom. The predicted octanol–water partition coefficient (Wildman–Crippen LogP) is 5.16. The number of ether oxygens (including phenoxy) is 3. The van der Waals surface area contributed by atoms with E-state index in [2.05, 4.69) is 27.7 Å². The first-order chi connectivity index (χ1) is 15.8. The van der Waals surface area contributed by atoms with Gasteiger partial charge in [-0.05, 0) is 28.5 Å². The molecule has 3 aliphatic rings. The van der Waals surface area contributed by atoms with Gasteiger partial charge in [-0.1, -0.05) is 33.8 Å². The Kier molecular flexibility index (Phi) is 5.86. The van der Waals surface area contributed by atoms with Crippen LogP contribution in [-0.4, -0.2) is 43.8 Å². The van der Waals surface area contributed by atoms with Gasteiger partial charge in [-0.25, -0.2) is 4.79 Å². The molecule has 0 aromatic heterocycles. The molecular formula is C27H33NO6. The predicted molar refractivity (Wildman–Crippen MR) is 127 cm³/mol. The van der Waals surface area contributed by atoms with Gasteiger partial charge in [0, 0.05) is 56.8 Å². The molecule has 1 aliphatic heterocycles. The highest BCUT2D eigenvalue weighted by atomic mass is 16.6. The normalized spacial score (nSPS) is 21.5. The third-order valence-corrected chi connectivity index (χ3v) is 6.67. The van der Waals surface area contributed by atoms with Gasteiger partial charge in [0.1, 0.15) is 11.5 Å². The summed E-state index contributed by atoms with van der Waals surface area (Å²) in [5, 5.41) is 0. The van der Waals surface area contributed by atoms with E-state index in [1.165, 1.54) is 12.0 Å². The van der Waals surface area contributed by atoms with Crippen LogP contribution in [0, 0.1) is 10.8 Å². The highest BCUT2D eigenvalue weighted by Crippen LogP contribution is 2.53. The lowest BCUT2D eigenvalue weighted by Crippen LogP contribution is -2.37. The second kappa shape index (κ2) is 8.29. The molecule has 4 rings (SSSR count). The number of Topliss-reactive ketones (excluding diaryl/α,β-unsaturated/α-hetero) is 2. The molecule has 0 radical (unpaired) electrons. The van der Waals surface area contributed by atoms with Crippen LogP contribution in [0.4, 0.5) is 4.79 Å². The molecule has 1 amide bonds. The zero-order chi connectivity index (χ0) is 25.0. The molecule has 0 saturated heterocycles. The van der Waals surface area contributed by atoms with Gasteiger partial charge in [-0.15, -0.1) is 0 Å². The molecule has 0 N–H and O–H groups in total. The van der Waals surface area contributed by atoms with Crippen molar-refractivity contribution < 1.29 is 28.6 Å². The van der Waals surface area contributed by atoms with Crippen molar-refractivity contribution in [1.29, 1.82) is 0 Å². The molecule has 7 nitrogen and oxygen atoms in total. The third-order valence-electron chi connectivity index (χ3n) is 6.67. The average Bonchev–Trinajstić information content (AvgIpc) is 2.70. The summed E-state index contributed by atoms with van der Waals surface area (Å²) in [6.07, 6.45) is 1.52. The number of benzene rings is 1. The average molecular weight is 468 g/mol. The van der Waals surface area contributed by atoms with E-state index in [4.69, 9.17) is 14.2 Å². The fraction of sp³-hybridized carbons (Fsp3) is 0.519. The third kappa shape index (κ3) is 4.36. The molecule has 34 heavy (non-hydrogen) atoms. The van der Waals surface area contributed by atoms with Crippen molar-refractivity contribution in [3.8, 4) is 11.5 Å². The number of hydrogen-bond donors (Lipinski definition) is 0. The summed E-state index contributed by atoms with van der Waals surface area (Å²) < 4.78 is 17.3. The first-order valence-electron chi connectivity index (χ1n) is 11.6. The Bertz CT molecular complexity index is 1090. The van der Waals surface area contributed by atoms with Crippen molar-refractivity contribution in [3.05, 3.63) is 46.4 Å². The number of methoxy groups -OCH3 is 1. The molecule has 0 atom stereocenters. The Balaban J connectivity index is 1.85. The Morgan fingerprint density at radius 2 is 1.44 bits per heavy atom. The largest absolute Gasteiger partial charge is 0.493 e. The zero-order valence-electron chi connectivity index (χ0n) is 21.0. The number of carbonyl (C=O) groups is 3. The highest BCUT2D eigenvalue weighted by Gasteiger charge is 2.47. The van der Waals surface area contributed by atoms with E-state index in [-0.39, 0.29) is 28.1 Å². The van der Waals surface area contributed by atoms with Crippen LogP contribution in [0.3, 0.4) is 0 Å². The lowest BCUT2D eigenvalue weighted by atomic mass is 9.65. The highest BCUT2D eigenvalue weighted by molar-refractivity contribution is 6.06. The number of rotatable bonds is 3. The minimum absolute atomic E-state index is 0.00233. The summed E-state index contributed by atoms with van der Waals surface area (Å²) >= 11 is 0. The molecule has 7 heteroatoms. The van der Waals surface area contributed by atoms with Crippen LogP contribution in [0.1, 0.15) is 64.9 Å². The summed E-state index contributed by atoms with van der Waals surface area (Å²) in [4.78, 5) is 40.2.